The zero-order valence-corrected chi connectivity index (χ0v) is 8.47. The first-order chi connectivity index (χ1) is 7.24. The van der Waals surface area contributed by atoms with Gasteiger partial charge in [0.1, 0.15) is 12.4 Å². The normalized spacial score (nSPS) is 10.9. The van der Waals surface area contributed by atoms with E-state index in [4.69, 9.17) is 4.74 Å². The number of hydrogen-bond donors (Lipinski definition) is 1. The molecular formula is C11H13F2NO. The fraction of sp³-hybridized carbons (Fsp3) is 0.273. The molecule has 0 radical (unpaired) electrons. The van der Waals surface area contributed by atoms with Crippen molar-refractivity contribution in [2.45, 2.75) is 0 Å². The minimum atomic E-state index is -0.683. The molecule has 2 nitrogen and oxygen atoms in total. The maximum atomic E-state index is 13.0. The molecule has 0 saturated carbocycles. The Morgan fingerprint density at radius 3 is 2.80 bits per heavy atom. The number of ether oxygens (including phenoxy) is 1. The van der Waals surface area contributed by atoms with Crippen LogP contribution in [0.25, 0.3) is 0 Å². The zero-order valence-electron chi connectivity index (χ0n) is 8.47. The Labute approximate surface area is 87.6 Å². The van der Waals surface area contributed by atoms with Crippen LogP contribution in [0.5, 0.6) is 5.75 Å². The molecule has 1 rings (SSSR count). The molecule has 0 fully saturated rings. The quantitative estimate of drug-likeness (QED) is 0.756. The molecule has 15 heavy (non-hydrogen) atoms. The highest BCUT2D eigenvalue weighted by Gasteiger charge is 2.02. The second-order valence-electron chi connectivity index (χ2n) is 2.91. The lowest BCUT2D eigenvalue weighted by molar-refractivity contribution is 0.340. The van der Waals surface area contributed by atoms with Gasteiger partial charge in [0.25, 0.3) is 0 Å². The zero-order chi connectivity index (χ0) is 11.1. The number of halogens is 2. The summed E-state index contributed by atoms with van der Waals surface area (Å²) in [6, 6.07) is 3.24. The third kappa shape index (κ3) is 4.08. The van der Waals surface area contributed by atoms with Crippen LogP contribution in [-0.2, 0) is 0 Å². The van der Waals surface area contributed by atoms with Gasteiger partial charge in [-0.2, -0.15) is 0 Å². The summed E-state index contributed by atoms with van der Waals surface area (Å²) in [6.07, 6.45) is 3.63. The smallest absolute Gasteiger partial charge is 0.167 e. The van der Waals surface area contributed by atoms with Crippen LogP contribution in [0.15, 0.2) is 30.4 Å². The van der Waals surface area contributed by atoms with E-state index in [0.717, 1.165) is 18.7 Å². The Bertz CT molecular complexity index is 339. The van der Waals surface area contributed by atoms with E-state index in [-0.39, 0.29) is 12.4 Å². The van der Waals surface area contributed by atoms with Crippen LogP contribution < -0.4 is 10.1 Å². The maximum absolute atomic E-state index is 13.0. The first-order valence-electron chi connectivity index (χ1n) is 4.61. The van der Waals surface area contributed by atoms with E-state index < -0.39 is 11.6 Å². The fourth-order valence-electron chi connectivity index (χ4n) is 0.999. The summed E-state index contributed by atoms with van der Waals surface area (Å²) < 4.78 is 30.6. The molecule has 1 aromatic carbocycles. The van der Waals surface area contributed by atoms with Crippen molar-refractivity contribution in [1.29, 1.82) is 0 Å². The van der Waals surface area contributed by atoms with E-state index in [2.05, 4.69) is 5.32 Å². The predicted molar refractivity (Wildman–Crippen MR) is 54.9 cm³/mol. The highest BCUT2D eigenvalue weighted by atomic mass is 19.1. The number of nitrogens with one attached hydrogen (secondary N) is 1. The SMILES string of the molecule is CNCC=CCOc1ccc(F)cc1F. The van der Waals surface area contributed by atoms with Crippen LogP contribution in [-0.4, -0.2) is 20.2 Å². The van der Waals surface area contributed by atoms with E-state index in [1.165, 1.54) is 6.07 Å². The maximum Gasteiger partial charge on any atom is 0.167 e. The molecule has 0 aliphatic heterocycles. The van der Waals surface area contributed by atoms with Crippen molar-refractivity contribution in [2.24, 2.45) is 0 Å². The van der Waals surface area contributed by atoms with Crippen LogP contribution in [0.3, 0.4) is 0 Å². The van der Waals surface area contributed by atoms with Crippen LogP contribution in [0, 0.1) is 11.6 Å². The summed E-state index contributed by atoms with van der Waals surface area (Å²) in [5, 5.41) is 2.92. The molecule has 0 heterocycles. The van der Waals surface area contributed by atoms with E-state index in [0.29, 0.717) is 0 Å². The van der Waals surface area contributed by atoms with Crippen LogP contribution in [0.4, 0.5) is 8.78 Å². The van der Waals surface area contributed by atoms with Gasteiger partial charge in [-0.05, 0) is 19.2 Å². The van der Waals surface area contributed by atoms with E-state index in [9.17, 15) is 8.78 Å². The van der Waals surface area contributed by atoms with Crippen LogP contribution in [0.1, 0.15) is 0 Å². The second kappa shape index (κ2) is 6.14. The summed E-state index contributed by atoms with van der Waals surface area (Å²) in [4.78, 5) is 0. The third-order valence-electron chi connectivity index (χ3n) is 1.72. The van der Waals surface area contributed by atoms with Crippen molar-refractivity contribution in [1.82, 2.24) is 5.32 Å². The molecule has 0 spiro atoms. The molecule has 0 atom stereocenters. The molecule has 0 bridgehead atoms. The first kappa shape index (κ1) is 11.7. The number of benzene rings is 1. The van der Waals surface area contributed by atoms with Gasteiger partial charge in [0.15, 0.2) is 11.6 Å². The average Bonchev–Trinajstić information content (AvgIpc) is 2.20. The van der Waals surface area contributed by atoms with Crippen molar-refractivity contribution in [3.05, 3.63) is 42.0 Å². The van der Waals surface area contributed by atoms with Crippen LogP contribution in [0.2, 0.25) is 0 Å². The molecule has 4 heteroatoms. The standard InChI is InChI=1S/C11H13F2NO/c1-14-6-2-3-7-15-11-5-4-9(12)8-10(11)13/h2-5,8,14H,6-7H2,1H3. The van der Waals surface area contributed by atoms with Gasteiger partial charge in [-0.25, -0.2) is 8.78 Å². The van der Waals surface area contributed by atoms with Gasteiger partial charge in [0, 0.05) is 12.6 Å². The van der Waals surface area contributed by atoms with E-state index >= 15 is 0 Å². The van der Waals surface area contributed by atoms with Gasteiger partial charge >= 0.3 is 0 Å². The molecule has 0 amide bonds. The van der Waals surface area contributed by atoms with Crippen molar-refractivity contribution in [2.75, 3.05) is 20.2 Å². The van der Waals surface area contributed by atoms with Crippen molar-refractivity contribution >= 4 is 0 Å². The lowest BCUT2D eigenvalue weighted by atomic mass is 10.3. The Kier molecular flexibility index (Phi) is 4.77. The molecule has 0 unspecified atom stereocenters. The summed E-state index contributed by atoms with van der Waals surface area (Å²) in [7, 11) is 1.82. The lowest BCUT2D eigenvalue weighted by Gasteiger charge is -2.03. The van der Waals surface area contributed by atoms with Gasteiger partial charge in [0.2, 0.25) is 0 Å². The Balaban J connectivity index is 2.44. The second-order valence-corrected chi connectivity index (χ2v) is 2.91. The van der Waals surface area contributed by atoms with Gasteiger partial charge in [0.05, 0.1) is 0 Å². The minimum absolute atomic E-state index is 0.0607. The Morgan fingerprint density at radius 1 is 1.33 bits per heavy atom. The van der Waals surface area contributed by atoms with Crippen molar-refractivity contribution in [3.8, 4) is 5.75 Å². The molecule has 82 valence electrons. The summed E-state index contributed by atoms with van der Waals surface area (Å²) in [5.41, 5.74) is 0. The Hall–Kier alpha value is -1.42. The van der Waals surface area contributed by atoms with Gasteiger partial charge < -0.3 is 10.1 Å². The van der Waals surface area contributed by atoms with Gasteiger partial charge in [-0.15, -0.1) is 0 Å². The molecule has 0 aliphatic rings. The lowest BCUT2D eigenvalue weighted by Crippen LogP contribution is -2.05. The molecule has 1 N–H and O–H groups in total. The molecule has 0 saturated heterocycles. The summed E-state index contributed by atoms with van der Waals surface area (Å²) in [5.74, 6) is -1.23. The molecule has 1 aromatic rings. The third-order valence-corrected chi connectivity index (χ3v) is 1.72. The summed E-state index contributed by atoms with van der Waals surface area (Å²) in [6.45, 7) is 0.999. The first-order valence-corrected chi connectivity index (χ1v) is 4.61. The summed E-state index contributed by atoms with van der Waals surface area (Å²) >= 11 is 0. The topological polar surface area (TPSA) is 21.3 Å². The number of hydrogen-bond acceptors (Lipinski definition) is 2. The predicted octanol–water partition coefficient (Wildman–Crippen LogP) is 2.12. The van der Waals surface area contributed by atoms with E-state index in [1.54, 1.807) is 6.08 Å². The molecule has 0 aromatic heterocycles. The number of rotatable bonds is 5. The van der Waals surface area contributed by atoms with Gasteiger partial charge in [-0.3, -0.25) is 0 Å². The van der Waals surface area contributed by atoms with Crippen LogP contribution >= 0.6 is 0 Å². The molecular weight excluding hydrogens is 200 g/mol. The Morgan fingerprint density at radius 2 is 2.13 bits per heavy atom. The monoisotopic (exact) mass is 213 g/mol. The fourth-order valence-corrected chi connectivity index (χ4v) is 0.999. The highest BCUT2D eigenvalue weighted by Crippen LogP contribution is 2.17. The average molecular weight is 213 g/mol. The molecule has 0 aliphatic carbocycles. The van der Waals surface area contributed by atoms with Gasteiger partial charge in [-0.1, -0.05) is 12.2 Å². The largest absolute Gasteiger partial charge is 0.486 e. The highest BCUT2D eigenvalue weighted by molar-refractivity contribution is 5.24. The van der Waals surface area contributed by atoms with Crippen molar-refractivity contribution < 1.29 is 13.5 Å². The number of likely N-dealkylation sites (N-methyl/N-ethyl adjacent to an activating group) is 1. The van der Waals surface area contributed by atoms with Crippen molar-refractivity contribution in [3.63, 3.8) is 0 Å². The minimum Gasteiger partial charge on any atom is -0.486 e. The van der Waals surface area contributed by atoms with E-state index in [1.807, 2.05) is 13.1 Å².